The maximum Gasteiger partial charge on any atom is 0.284 e. The van der Waals surface area contributed by atoms with Crippen LogP contribution in [0.4, 0.5) is 0 Å². The standard InChI is InChI=1S/C17H20N2O3S/c1-13-5-11-16(12-6-13)23(20,21)18-17(19(2)3)14-7-9-15(22-4)10-8-14/h5-12H,1-4H3/b18-17-. The van der Waals surface area contributed by atoms with Crippen LogP contribution in [0, 0.1) is 6.92 Å². The lowest BCUT2D eigenvalue weighted by molar-refractivity contribution is 0.414. The summed E-state index contributed by atoms with van der Waals surface area (Å²) in [6.45, 7) is 1.91. The Balaban J connectivity index is 2.46. The molecular weight excluding hydrogens is 312 g/mol. The molecule has 0 bridgehead atoms. The summed E-state index contributed by atoms with van der Waals surface area (Å²) in [5.74, 6) is 1.07. The molecule has 23 heavy (non-hydrogen) atoms. The molecule has 0 amide bonds. The summed E-state index contributed by atoms with van der Waals surface area (Å²) in [7, 11) is 1.33. The molecule has 0 aliphatic carbocycles. The monoisotopic (exact) mass is 332 g/mol. The summed E-state index contributed by atoms with van der Waals surface area (Å²) in [4.78, 5) is 1.85. The van der Waals surface area contributed by atoms with Crippen LogP contribution in [0.2, 0.25) is 0 Å². The maximum atomic E-state index is 12.5. The first kappa shape index (κ1) is 17.0. The number of rotatable bonds is 4. The smallest absolute Gasteiger partial charge is 0.284 e. The van der Waals surface area contributed by atoms with Crippen LogP contribution < -0.4 is 4.74 Å². The molecule has 0 aromatic heterocycles. The number of aryl methyl sites for hydroxylation is 1. The Kier molecular flexibility index (Phi) is 5.05. The summed E-state index contributed by atoms with van der Waals surface area (Å²) in [5, 5.41) is 0. The van der Waals surface area contributed by atoms with Gasteiger partial charge in [-0.2, -0.15) is 8.42 Å². The van der Waals surface area contributed by atoms with Gasteiger partial charge in [0.05, 0.1) is 12.0 Å². The Bertz CT molecular complexity index is 793. The van der Waals surface area contributed by atoms with Crippen LogP contribution >= 0.6 is 0 Å². The van der Waals surface area contributed by atoms with E-state index >= 15 is 0 Å². The van der Waals surface area contributed by atoms with Crippen LogP contribution in [0.1, 0.15) is 11.1 Å². The van der Waals surface area contributed by atoms with Gasteiger partial charge in [-0.05, 0) is 43.3 Å². The number of benzene rings is 2. The summed E-state index contributed by atoms with van der Waals surface area (Å²) in [6.07, 6.45) is 0. The SMILES string of the molecule is COc1ccc(/C(=N/S(=O)(=O)c2ccc(C)cc2)N(C)C)cc1. The fourth-order valence-corrected chi connectivity index (χ4v) is 3.09. The van der Waals surface area contributed by atoms with Crippen molar-refractivity contribution in [1.29, 1.82) is 0 Å². The maximum absolute atomic E-state index is 12.5. The van der Waals surface area contributed by atoms with Gasteiger partial charge in [-0.25, -0.2) is 0 Å². The van der Waals surface area contributed by atoms with Crippen molar-refractivity contribution in [2.24, 2.45) is 4.40 Å². The normalized spacial score (nSPS) is 12.1. The molecule has 0 fully saturated rings. The second-order valence-corrected chi connectivity index (χ2v) is 6.93. The van der Waals surface area contributed by atoms with Gasteiger partial charge in [-0.1, -0.05) is 17.7 Å². The summed E-state index contributed by atoms with van der Waals surface area (Å²) in [6, 6.07) is 13.7. The lowest BCUT2D eigenvalue weighted by Crippen LogP contribution is -2.24. The molecule has 0 heterocycles. The summed E-state index contributed by atoms with van der Waals surface area (Å²) >= 11 is 0. The fourth-order valence-electron chi connectivity index (χ4n) is 2.01. The van der Waals surface area contributed by atoms with E-state index in [1.165, 1.54) is 0 Å². The minimum Gasteiger partial charge on any atom is -0.497 e. The number of amidine groups is 1. The van der Waals surface area contributed by atoms with Crippen molar-refractivity contribution in [2.45, 2.75) is 11.8 Å². The zero-order valence-electron chi connectivity index (χ0n) is 13.6. The van der Waals surface area contributed by atoms with Gasteiger partial charge in [0, 0.05) is 19.7 Å². The number of hydrogen-bond acceptors (Lipinski definition) is 3. The molecule has 0 atom stereocenters. The van der Waals surface area contributed by atoms with Crippen molar-refractivity contribution in [1.82, 2.24) is 4.90 Å². The van der Waals surface area contributed by atoms with Gasteiger partial charge in [0.2, 0.25) is 0 Å². The molecule has 5 nitrogen and oxygen atoms in total. The highest BCUT2D eigenvalue weighted by Crippen LogP contribution is 2.17. The molecule has 0 radical (unpaired) electrons. The van der Waals surface area contributed by atoms with E-state index in [9.17, 15) is 8.42 Å². The molecular formula is C17H20N2O3S. The van der Waals surface area contributed by atoms with Gasteiger partial charge in [0.25, 0.3) is 10.0 Å². The van der Waals surface area contributed by atoms with E-state index in [0.717, 1.165) is 5.56 Å². The molecule has 0 saturated carbocycles. The van der Waals surface area contributed by atoms with Crippen LogP contribution in [0.3, 0.4) is 0 Å². The van der Waals surface area contributed by atoms with E-state index < -0.39 is 10.0 Å². The van der Waals surface area contributed by atoms with Crippen molar-refractivity contribution in [3.05, 3.63) is 59.7 Å². The van der Waals surface area contributed by atoms with Crippen molar-refractivity contribution in [3.63, 3.8) is 0 Å². The predicted molar refractivity (Wildman–Crippen MR) is 91.6 cm³/mol. The lowest BCUT2D eigenvalue weighted by atomic mass is 10.2. The van der Waals surface area contributed by atoms with E-state index in [0.29, 0.717) is 17.1 Å². The molecule has 2 aromatic rings. The highest BCUT2D eigenvalue weighted by atomic mass is 32.2. The Morgan fingerprint density at radius 1 is 1.00 bits per heavy atom. The van der Waals surface area contributed by atoms with E-state index in [4.69, 9.17) is 4.74 Å². The molecule has 0 aliphatic rings. The molecule has 0 saturated heterocycles. The third kappa shape index (κ3) is 4.10. The average Bonchev–Trinajstić information content (AvgIpc) is 2.53. The van der Waals surface area contributed by atoms with Gasteiger partial charge >= 0.3 is 0 Å². The molecule has 122 valence electrons. The zero-order chi connectivity index (χ0) is 17.0. The number of nitrogens with zero attached hydrogens (tertiary/aromatic N) is 2. The first-order chi connectivity index (χ1) is 10.8. The molecule has 6 heteroatoms. The highest BCUT2D eigenvalue weighted by Gasteiger charge is 2.16. The van der Waals surface area contributed by atoms with Crippen molar-refractivity contribution >= 4 is 15.9 Å². The predicted octanol–water partition coefficient (Wildman–Crippen LogP) is 2.70. The molecule has 0 aliphatic heterocycles. The summed E-state index contributed by atoms with van der Waals surface area (Å²) in [5.41, 5.74) is 1.70. The number of ether oxygens (including phenoxy) is 1. The number of hydrogen-bond donors (Lipinski definition) is 0. The van der Waals surface area contributed by atoms with Gasteiger partial charge in [0.15, 0.2) is 0 Å². The van der Waals surface area contributed by atoms with Gasteiger partial charge in [-0.15, -0.1) is 4.40 Å². The average molecular weight is 332 g/mol. The van der Waals surface area contributed by atoms with Crippen LogP contribution in [-0.4, -0.2) is 40.4 Å². The Morgan fingerprint density at radius 2 is 1.57 bits per heavy atom. The molecule has 2 rings (SSSR count). The molecule has 0 N–H and O–H groups in total. The first-order valence-electron chi connectivity index (χ1n) is 7.07. The van der Waals surface area contributed by atoms with Crippen molar-refractivity contribution < 1.29 is 13.2 Å². The van der Waals surface area contributed by atoms with E-state index in [-0.39, 0.29) is 4.90 Å². The fraction of sp³-hybridized carbons (Fsp3) is 0.235. The van der Waals surface area contributed by atoms with Crippen LogP contribution in [0.5, 0.6) is 5.75 Å². The molecule has 0 spiro atoms. The highest BCUT2D eigenvalue weighted by molar-refractivity contribution is 7.90. The lowest BCUT2D eigenvalue weighted by Gasteiger charge is -2.16. The van der Waals surface area contributed by atoms with Gasteiger partial charge in [-0.3, -0.25) is 0 Å². The molecule has 2 aromatic carbocycles. The topological polar surface area (TPSA) is 59.0 Å². The zero-order valence-corrected chi connectivity index (χ0v) is 14.5. The first-order valence-corrected chi connectivity index (χ1v) is 8.51. The molecule has 0 unspecified atom stereocenters. The minimum atomic E-state index is -3.77. The quantitative estimate of drug-likeness (QED) is 0.638. The number of sulfonamides is 1. The van der Waals surface area contributed by atoms with E-state index in [2.05, 4.69) is 4.40 Å². The van der Waals surface area contributed by atoms with Gasteiger partial charge < -0.3 is 9.64 Å². The Hall–Kier alpha value is -2.34. The van der Waals surface area contributed by atoms with Crippen molar-refractivity contribution in [3.8, 4) is 5.75 Å². The van der Waals surface area contributed by atoms with E-state index in [1.807, 2.05) is 6.92 Å². The van der Waals surface area contributed by atoms with Gasteiger partial charge in [0.1, 0.15) is 11.6 Å². The largest absolute Gasteiger partial charge is 0.497 e. The van der Waals surface area contributed by atoms with Crippen LogP contribution in [0.25, 0.3) is 0 Å². The second-order valence-electron chi connectivity index (χ2n) is 5.33. The van der Waals surface area contributed by atoms with Crippen LogP contribution in [0.15, 0.2) is 57.8 Å². The minimum absolute atomic E-state index is 0.177. The Morgan fingerprint density at radius 3 is 2.04 bits per heavy atom. The summed E-state index contributed by atoms with van der Waals surface area (Å²) < 4.78 is 34.2. The van der Waals surface area contributed by atoms with E-state index in [1.54, 1.807) is 74.6 Å². The second kappa shape index (κ2) is 6.83. The Labute approximate surface area is 137 Å². The third-order valence-corrected chi connectivity index (χ3v) is 4.58. The third-order valence-electron chi connectivity index (χ3n) is 3.30. The van der Waals surface area contributed by atoms with Crippen LogP contribution in [-0.2, 0) is 10.0 Å². The van der Waals surface area contributed by atoms with Crippen molar-refractivity contribution in [2.75, 3.05) is 21.2 Å². The number of methoxy groups -OCH3 is 1.